The van der Waals surface area contributed by atoms with Crippen LogP contribution in [0.3, 0.4) is 0 Å². The highest BCUT2D eigenvalue weighted by Crippen LogP contribution is 2.12. The van der Waals surface area contributed by atoms with Crippen molar-refractivity contribution in [2.45, 2.75) is 0 Å². The highest BCUT2D eigenvalue weighted by molar-refractivity contribution is 6.67. The van der Waals surface area contributed by atoms with Crippen LogP contribution in [0.1, 0.15) is 10.5 Å². The summed E-state index contributed by atoms with van der Waals surface area (Å²) in [4.78, 5) is 22.7. The van der Waals surface area contributed by atoms with Gasteiger partial charge in [0.25, 0.3) is 5.24 Å². The van der Waals surface area contributed by atoms with E-state index < -0.39 is 5.24 Å². The number of rotatable bonds is 1. The van der Waals surface area contributed by atoms with Crippen LogP contribution < -0.4 is 5.43 Å². The number of para-hydroxylation sites is 1. The van der Waals surface area contributed by atoms with Crippen molar-refractivity contribution in [3.63, 3.8) is 0 Å². The fraction of sp³-hybridized carbons (Fsp3) is 0.0909. The van der Waals surface area contributed by atoms with Crippen LogP contribution in [0.25, 0.3) is 10.9 Å². The van der Waals surface area contributed by atoms with Crippen LogP contribution in [0.4, 0.5) is 0 Å². The van der Waals surface area contributed by atoms with Crippen LogP contribution in [0.2, 0.25) is 0 Å². The number of halogens is 1. The average Bonchev–Trinajstić information content (AvgIpc) is 2.23. The molecule has 4 heteroatoms. The van der Waals surface area contributed by atoms with E-state index in [0.29, 0.717) is 10.9 Å². The van der Waals surface area contributed by atoms with Crippen molar-refractivity contribution in [2.75, 3.05) is 0 Å². The molecule has 2 aromatic rings. The zero-order valence-electron chi connectivity index (χ0n) is 8.03. The van der Waals surface area contributed by atoms with Gasteiger partial charge in [-0.1, -0.05) is 12.1 Å². The molecular weight excluding hydrogens is 214 g/mol. The smallest absolute Gasteiger partial charge is 0.268 e. The third-order valence-electron chi connectivity index (χ3n) is 2.36. The van der Waals surface area contributed by atoms with Gasteiger partial charge < -0.3 is 4.57 Å². The minimum absolute atomic E-state index is 0.187. The Balaban J connectivity index is 2.97. The van der Waals surface area contributed by atoms with Gasteiger partial charge in [0.1, 0.15) is 5.69 Å². The normalized spacial score (nSPS) is 10.5. The Kier molecular flexibility index (Phi) is 2.32. The van der Waals surface area contributed by atoms with Crippen molar-refractivity contribution in [1.29, 1.82) is 0 Å². The molecule has 0 fully saturated rings. The number of carbonyl (C=O) groups is 1. The van der Waals surface area contributed by atoms with Crippen molar-refractivity contribution in [3.05, 3.63) is 46.2 Å². The summed E-state index contributed by atoms with van der Waals surface area (Å²) < 4.78 is 1.62. The summed E-state index contributed by atoms with van der Waals surface area (Å²) in [5.74, 6) is 0. The van der Waals surface area contributed by atoms with Crippen LogP contribution in [0.15, 0.2) is 35.1 Å². The topological polar surface area (TPSA) is 39.1 Å². The average molecular weight is 222 g/mol. The summed E-state index contributed by atoms with van der Waals surface area (Å²) in [5.41, 5.74) is 0.724. The lowest BCUT2D eigenvalue weighted by Gasteiger charge is -2.08. The lowest BCUT2D eigenvalue weighted by molar-refractivity contribution is 0.107. The van der Waals surface area contributed by atoms with E-state index in [4.69, 9.17) is 11.6 Å². The molecule has 0 N–H and O–H groups in total. The Morgan fingerprint density at radius 1 is 1.33 bits per heavy atom. The van der Waals surface area contributed by atoms with E-state index in [1.165, 1.54) is 6.07 Å². The van der Waals surface area contributed by atoms with E-state index >= 15 is 0 Å². The fourth-order valence-corrected chi connectivity index (χ4v) is 1.77. The van der Waals surface area contributed by atoms with Gasteiger partial charge in [0.15, 0.2) is 5.43 Å². The molecule has 0 aliphatic rings. The molecule has 2 rings (SSSR count). The second kappa shape index (κ2) is 3.51. The van der Waals surface area contributed by atoms with Crippen LogP contribution in [0.5, 0.6) is 0 Å². The Morgan fingerprint density at radius 3 is 2.67 bits per heavy atom. The summed E-state index contributed by atoms with van der Waals surface area (Å²) in [7, 11) is 1.71. The lowest BCUT2D eigenvalue weighted by atomic mass is 10.2. The number of nitrogens with zero attached hydrogens (tertiary/aromatic N) is 1. The molecule has 1 aromatic carbocycles. The second-order valence-corrected chi connectivity index (χ2v) is 3.59. The van der Waals surface area contributed by atoms with Crippen molar-refractivity contribution in [1.82, 2.24) is 4.57 Å². The molecule has 3 nitrogen and oxygen atoms in total. The van der Waals surface area contributed by atoms with Crippen molar-refractivity contribution >= 4 is 27.7 Å². The number of benzene rings is 1. The third-order valence-corrected chi connectivity index (χ3v) is 2.56. The molecule has 0 saturated heterocycles. The largest absolute Gasteiger partial charge is 0.340 e. The maximum absolute atomic E-state index is 11.6. The second-order valence-electron chi connectivity index (χ2n) is 3.24. The van der Waals surface area contributed by atoms with E-state index in [1.54, 1.807) is 29.8 Å². The molecule has 1 aromatic heterocycles. The zero-order valence-corrected chi connectivity index (χ0v) is 8.78. The molecule has 0 amide bonds. The number of pyridine rings is 1. The van der Waals surface area contributed by atoms with Crippen LogP contribution in [0, 0.1) is 0 Å². The summed E-state index contributed by atoms with van der Waals surface area (Å²) in [6.45, 7) is 0. The molecule has 0 unspecified atom stereocenters. The molecule has 15 heavy (non-hydrogen) atoms. The number of hydrogen-bond acceptors (Lipinski definition) is 2. The van der Waals surface area contributed by atoms with E-state index in [0.717, 1.165) is 0 Å². The van der Waals surface area contributed by atoms with E-state index in [1.807, 2.05) is 6.07 Å². The maximum atomic E-state index is 11.6. The Labute approximate surface area is 90.9 Å². The number of carbonyl (C=O) groups excluding carboxylic acids is 1. The Hall–Kier alpha value is -1.61. The van der Waals surface area contributed by atoms with Gasteiger partial charge in [-0.25, -0.2) is 0 Å². The molecule has 0 saturated carbocycles. The number of aryl methyl sites for hydroxylation is 1. The summed E-state index contributed by atoms with van der Waals surface area (Å²) in [6.07, 6.45) is 0. The molecule has 0 radical (unpaired) electrons. The quantitative estimate of drug-likeness (QED) is 0.690. The van der Waals surface area contributed by atoms with E-state index in [2.05, 4.69) is 0 Å². The van der Waals surface area contributed by atoms with Gasteiger partial charge in [0.05, 0.1) is 5.52 Å². The highest BCUT2D eigenvalue weighted by Gasteiger charge is 2.10. The minimum Gasteiger partial charge on any atom is -0.340 e. The fourth-order valence-electron chi connectivity index (χ4n) is 1.59. The molecule has 0 aliphatic carbocycles. The van der Waals surface area contributed by atoms with Crippen LogP contribution >= 0.6 is 11.6 Å². The van der Waals surface area contributed by atoms with Gasteiger partial charge in [-0.15, -0.1) is 0 Å². The summed E-state index contributed by atoms with van der Waals surface area (Å²) in [5, 5.41) is -0.0398. The van der Waals surface area contributed by atoms with Crippen LogP contribution in [-0.4, -0.2) is 9.81 Å². The van der Waals surface area contributed by atoms with Gasteiger partial charge in [-0.05, 0) is 23.7 Å². The predicted molar refractivity (Wildman–Crippen MR) is 59.4 cm³/mol. The molecule has 0 aliphatic heterocycles. The first kappa shape index (κ1) is 9.93. The first-order valence-corrected chi connectivity index (χ1v) is 4.77. The molecule has 1 heterocycles. The van der Waals surface area contributed by atoms with Gasteiger partial charge in [-0.2, -0.15) is 0 Å². The Bertz CT molecular complexity index is 601. The number of fused-ring (bicyclic) bond motifs is 1. The molecular formula is C11H8ClNO2. The summed E-state index contributed by atoms with van der Waals surface area (Å²) in [6, 6.07) is 8.36. The minimum atomic E-state index is -0.625. The van der Waals surface area contributed by atoms with E-state index in [9.17, 15) is 9.59 Å². The van der Waals surface area contributed by atoms with Crippen molar-refractivity contribution in [2.24, 2.45) is 7.05 Å². The first-order chi connectivity index (χ1) is 7.11. The summed E-state index contributed by atoms with van der Waals surface area (Å²) >= 11 is 5.38. The maximum Gasteiger partial charge on any atom is 0.268 e. The third kappa shape index (κ3) is 1.55. The van der Waals surface area contributed by atoms with Crippen molar-refractivity contribution in [3.8, 4) is 0 Å². The molecule has 0 bridgehead atoms. The van der Waals surface area contributed by atoms with Gasteiger partial charge >= 0.3 is 0 Å². The number of aromatic nitrogens is 1. The van der Waals surface area contributed by atoms with E-state index in [-0.39, 0.29) is 11.1 Å². The SMILES string of the molecule is Cn1c(C(=O)Cl)cc(=O)c2ccccc21. The lowest BCUT2D eigenvalue weighted by Crippen LogP contribution is -2.13. The Morgan fingerprint density at radius 2 is 2.00 bits per heavy atom. The molecule has 0 atom stereocenters. The van der Waals surface area contributed by atoms with Gasteiger partial charge in [0, 0.05) is 18.5 Å². The van der Waals surface area contributed by atoms with Crippen LogP contribution in [-0.2, 0) is 7.05 Å². The molecule has 76 valence electrons. The number of hydrogen-bond donors (Lipinski definition) is 0. The van der Waals surface area contributed by atoms with Crippen molar-refractivity contribution < 1.29 is 4.79 Å². The predicted octanol–water partition coefficient (Wildman–Crippen LogP) is 1.92. The molecule has 0 spiro atoms. The van der Waals surface area contributed by atoms with Gasteiger partial charge in [0.2, 0.25) is 0 Å². The van der Waals surface area contributed by atoms with Gasteiger partial charge in [-0.3, -0.25) is 9.59 Å². The highest BCUT2D eigenvalue weighted by atomic mass is 35.5. The first-order valence-electron chi connectivity index (χ1n) is 4.40. The monoisotopic (exact) mass is 221 g/mol. The standard InChI is InChI=1S/C11H8ClNO2/c1-13-8-5-3-2-4-7(8)10(14)6-9(13)11(12)15/h2-6H,1H3. The zero-order chi connectivity index (χ0) is 11.0.